The van der Waals surface area contributed by atoms with Crippen LogP contribution in [0.5, 0.6) is 0 Å². The highest BCUT2D eigenvalue weighted by Crippen LogP contribution is 2.22. The number of hydrogen-bond acceptors (Lipinski definition) is 4. The first-order valence-corrected chi connectivity index (χ1v) is 11.1. The molecule has 0 aliphatic carbocycles. The minimum absolute atomic E-state index is 0.0950. The molecule has 0 spiro atoms. The SMILES string of the molecule is NC(=O)c1cccc(-c2ccc3nc(C(=O)N4CCN(Cc5ccc(F)cc5)CC4)cn3c2)c1. The molecule has 8 heteroatoms. The van der Waals surface area contributed by atoms with E-state index in [1.165, 1.54) is 12.1 Å². The number of rotatable bonds is 5. The van der Waals surface area contributed by atoms with Gasteiger partial charge < -0.3 is 15.0 Å². The highest BCUT2D eigenvalue weighted by molar-refractivity contribution is 5.94. The fraction of sp³-hybridized carbons (Fsp3) is 0.192. The molecule has 2 aromatic carbocycles. The van der Waals surface area contributed by atoms with Gasteiger partial charge in [0.25, 0.3) is 5.91 Å². The minimum Gasteiger partial charge on any atom is -0.366 e. The zero-order valence-electron chi connectivity index (χ0n) is 18.5. The molecule has 0 atom stereocenters. The van der Waals surface area contributed by atoms with Crippen molar-refractivity contribution >= 4 is 17.5 Å². The fourth-order valence-electron chi connectivity index (χ4n) is 4.24. The Morgan fingerprint density at radius 3 is 2.41 bits per heavy atom. The molecule has 0 bridgehead atoms. The lowest BCUT2D eigenvalue weighted by atomic mass is 10.0. The fourth-order valence-corrected chi connectivity index (χ4v) is 4.24. The van der Waals surface area contributed by atoms with Crippen molar-refractivity contribution in [3.63, 3.8) is 0 Å². The molecule has 2 amide bonds. The van der Waals surface area contributed by atoms with Gasteiger partial charge in [-0.15, -0.1) is 0 Å². The summed E-state index contributed by atoms with van der Waals surface area (Å²) in [6, 6.07) is 17.4. The van der Waals surface area contributed by atoms with Gasteiger partial charge >= 0.3 is 0 Å². The van der Waals surface area contributed by atoms with E-state index in [0.717, 1.165) is 36.3 Å². The third-order valence-electron chi connectivity index (χ3n) is 6.13. The zero-order valence-corrected chi connectivity index (χ0v) is 18.5. The van der Waals surface area contributed by atoms with E-state index in [0.29, 0.717) is 30.0 Å². The molecule has 1 aliphatic rings. The van der Waals surface area contributed by atoms with Gasteiger partial charge in [0.15, 0.2) is 0 Å². The molecule has 172 valence electrons. The average molecular weight is 458 g/mol. The number of nitrogens with zero attached hydrogens (tertiary/aromatic N) is 4. The number of amides is 2. The van der Waals surface area contributed by atoms with Crippen LogP contribution in [0.3, 0.4) is 0 Å². The summed E-state index contributed by atoms with van der Waals surface area (Å²) in [6.45, 7) is 3.45. The monoisotopic (exact) mass is 457 g/mol. The topological polar surface area (TPSA) is 83.9 Å². The van der Waals surface area contributed by atoms with Crippen molar-refractivity contribution in [2.45, 2.75) is 6.54 Å². The summed E-state index contributed by atoms with van der Waals surface area (Å²) in [7, 11) is 0. The van der Waals surface area contributed by atoms with Crippen molar-refractivity contribution in [1.82, 2.24) is 19.2 Å². The number of carbonyl (C=O) groups excluding carboxylic acids is 2. The Bertz CT molecular complexity index is 1360. The number of benzene rings is 2. The average Bonchev–Trinajstić information content (AvgIpc) is 3.29. The van der Waals surface area contributed by atoms with Crippen molar-refractivity contribution in [3.05, 3.63) is 95.7 Å². The van der Waals surface area contributed by atoms with E-state index in [1.807, 2.05) is 33.7 Å². The number of imidazole rings is 1. The Morgan fingerprint density at radius 2 is 1.68 bits per heavy atom. The summed E-state index contributed by atoms with van der Waals surface area (Å²) >= 11 is 0. The Hall–Kier alpha value is -4.04. The van der Waals surface area contributed by atoms with Crippen molar-refractivity contribution in [1.29, 1.82) is 0 Å². The molecule has 0 unspecified atom stereocenters. The van der Waals surface area contributed by atoms with Crippen LogP contribution >= 0.6 is 0 Å². The van der Waals surface area contributed by atoms with Gasteiger partial charge in [0.2, 0.25) is 5.91 Å². The highest BCUT2D eigenvalue weighted by Gasteiger charge is 2.24. The summed E-state index contributed by atoms with van der Waals surface area (Å²) < 4.78 is 14.9. The van der Waals surface area contributed by atoms with E-state index in [4.69, 9.17) is 5.73 Å². The van der Waals surface area contributed by atoms with Crippen LogP contribution in [0.4, 0.5) is 4.39 Å². The quantitative estimate of drug-likeness (QED) is 0.499. The van der Waals surface area contributed by atoms with Gasteiger partial charge in [0.1, 0.15) is 17.2 Å². The second kappa shape index (κ2) is 9.07. The van der Waals surface area contributed by atoms with Gasteiger partial charge in [-0.3, -0.25) is 14.5 Å². The smallest absolute Gasteiger partial charge is 0.274 e. The standard InChI is InChI=1S/C26H24FN5O2/c27-22-7-4-18(5-8-22)15-30-10-12-31(13-11-30)26(34)23-17-32-16-21(6-9-24(32)29-23)19-2-1-3-20(14-19)25(28)33/h1-9,14,16-17H,10-13,15H2,(H2,28,33). The molecule has 4 aromatic rings. The van der Waals surface area contributed by atoms with Gasteiger partial charge in [0.05, 0.1) is 0 Å². The Labute approximate surface area is 196 Å². The molecule has 1 fully saturated rings. The molecule has 7 nitrogen and oxygen atoms in total. The van der Waals surface area contributed by atoms with Crippen LogP contribution in [-0.4, -0.2) is 57.2 Å². The summed E-state index contributed by atoms with van der Waals surface area (Å²) in [5, 5.41) is 0. The minimum atomic E-state index is -0.476. The second-order valence-electron chi connectivity index (χ2n) is 8.45. The Balaban J connectivity index is 1.27. The number of fused-ring (bicyclic) bond motifs is 1. The number of primary amides is 1. The first-order chi connectivity index (χ1) is 16.5. The van der Waals surface area contributed by atoms with Crippen molar-refractivity contribution in [3.8, 4) is 11.1 Å². The first-order valence-electron chi connectivity index (χ1n) is 11.1. The number of aromatic nitrogens is 2. The number of halogens is 1. The molecular formula is C26H24FN5O2. The third kappa shape index (κ3) is 4.53. The molecule has 2 aromatic heterocycles. The number of nitrogens with two attached hydrogens (primary N) is 1. The number of carbonyl (C=O) groups is 2. The lowest BCUT2D eigenvalue weighted by Gasteiger charge is -2.34. The lowest BCUT2D eigenvalue weighted by molar-refractivity contribution is 0.0623. The maximum absolute atomic E-state index is 13.1. The predicted molar refractivity (Wildman–Crippen MR) is 127 cm³/mol. The van der Waals surface area contributed by atoms with Gasteiger partial charge in [0, 0.05) is 50.7 Å². The highest BCUT2D eigenvalue weighted by atomic mass is 19.1. The number of pyridine rings is 1. The van der Waals surface area contributed by atoms with Crippen LogP contribution in [0.15, 0.2) is 73.1 Å². The van der Waals surface area contributed by atoms with Crippen LogP contribution in [0, 0.1) is 5.82 Å². The Kier molecular flexibility index (Phi) is 5.81. The van der Waals surface area contributed by atoms with Crippen LogP contribution in [0.25, 0.3) is 16.8 Å². The van der Waals surface area contributed by atoms with E-state index in [1.54, 1.807) is 36.5 Å². The van der Waals surface area contributed by atoms with Crippen molar-refractivity contribution < 1.29 is 14.0 Å². The van der Waals surface area contributed by atoms with Gasteiger partial charge in [-0.25, -0.2) is 9.37 Å². The largest absolute Gasteiger partial charge is 0.366 e. The van der Waals surface area contributed by atoms with Crippen LogP contribution in [0.1, 0.15) is 26.4 Å². The maximum atomic E-state index is 13.1. The van der Waals surface area contributed by atoms with Gasteiger partial charge in [-0.05, 0) is 53.1 Å². The summed E-state index contributed by atoms with van der Waals surface area (Å²) in [5.41, 5.74) is 9.72. The molecule has 2 N–H and O–H groups in total. The van der Waals surface area contributed by atoms with Crippen molar-refractivity contribution in [2.24, 2.45) is 5.73 Å². The van der Waals surface area contributed by atoms with E-state index in [-0.39, 0.29) is 11.7 Å². The molecule has 0 saturated carbocycles. The van der Waals surface area contributed by atoms with Gasteiger partial charge in [-0.1, -0.05) is 24.3 Å². The molecule has 3 heterocycles. The normalized spacial score (nSPS) is 14.4. The summed E-state index contributed by atoms with van der Waals surface area (Å²) in [6.07, 6.45) is 3.63. The van der Waals surface area contributed by atoms with Crippen molar-refractivity contribution in [2.75, 3.05) is 26.2 Å². The predicted octanol–water partition coefficient (Wildman–Crippen LogP) is 3.20. The number of hydrogen-bond donors (Lipinski definition) is 1. The zero-order chi connectivity index (χ0) is 23.7. The first kappa shape index (κ1) is 21.8. The maximum Gasteiger partial charge on any atom is 0.274 e. The molecule has 34 heavy (non-hydrogen) atoms. The van der Waals surface area contributed by atoms with Crippen LogP contribution in [0.2, 0.25) is 0 Å². The van der Waals surface area contributed by atoms with Gasteiger partial charge in [-0.2, -0.15) is 0 Å². The molecular weight excluding hydrogens is 433 g/mol. The Morgan fingerprint density at radius 1 is 0.912 bits per heavy atom. The lowest BCUT2D eigenvalue weighted by Crippen LogP contribution is -2.48. The molecule has 5 rings (SSSR count). The third-order valence-corrected chi connectivity index (χ3v) is 6.13. The molecule has 1 aliphatic heterocycles. The van der Waals surface area contributed by atoms with E-state index < -0.39 is 5.91 Å². The second-order valence-corrected chi connectivity index (χ2v) is 8.45. The van der Waals surface area contributed by atoms with Crippen LogP contribution in [-0.2, 0) is 6.54 Å². The summed E-state index contributed by atoms with van der Waals surface area (Å²) in [4.78, 5) is 33.2. The molecule has 0 radical (unpaired) electrons. The van der Waals surface area contributed by atoms with E-state index >= 15 is 0 Å². The van der Waals surface area contributed by atoms with E-state index in [2.05, 4.69) is 9.88 Å². The molecule has 1 saturated heterocycles. The summed E-state index contributed by atoms with van der Waals surface area (Å²) in [5.74, 6) is -0.809. The van der Waals surface area contributed by atoms with E-state index in [9.17, 15) is 14.0 Å². The number of piperazine rings is 1. The van der Waals surface area contributed by atoms with Crippen LogP contribution < -0.4 is 5.73 Å².